The molecule has 9 heteroatoms. The molecule has 7 nitrogen and oxygen atoms in total. The first-order chi connectivity index (χ1) is 14.4. The van der Waals surface area contributed by atoms with E-state index in [-0.39, 0.29) is 23.2 Å². The summed E-state index contributed by atoms with van der Waals surface area (Å²) in [5.41, 5.74) is 9.26. The molecular formula is C21H18ClFN6O. The van der Waals surface area contributed by atoms with E-state index < -0.39 is 5.82 Å². The molecule has 0 unspecified atom stereocenters. The molecular weight excluding hydrogens is 407 g/mol. The lowest BCUT2D eigenvalue weighted by Gasteiger charge is -2.21. The quantitative estimate of drug-likeness (QED) is 0.469. The molecule has 0 fully saturated rings. The van der Waals surface area contributed by atoms with E-state index in [1.54, 1.807) is 27.9 Å². The average molecular weight is 425 g/mol. The Bertz CT molecular complexity index is 1320. The molecule has 0 saturated carbocycles. The van der Waals surface area contributed by atoms with Crippen LogP contribution in [0.3, 0.4) is 0 Å². The zero-order valence-electron chi connectivity index (χ0n) is 16.1. The number of nitrogens with two attached hydrogens (primary N) is 1. The van der Waals surface area contributed by atoms with Crippen LogP contribution >= 0.6 is 11.6 Å². The summed E-state index contributed by atoms with van der Waals surface area (Å²) < 4.78 is 16.6. The van der Waals surface area contributed by atoms with Gasteiger partial charge in [-0.3, -0.25) is 9.20 Å². The first-order valence-corrected chi connectivity index (χ1v) is 9.95. The molecule has 1 amide bonds. The van der Waals surface area contributed by atoms with Crippen molar-refractivity contribution in [1.29, 1.82) is 0 Å². The van der Waals surface area contributed by atoms with Crippen LogP contribution in [0.15, 0.2) is 36.8 Å². The van der Waals surface area contributed by atoms with E-state index in [1.165, 1.54) is 12.1 Å². The highest BCUT2D eigenvalue weighted by atomic mass is 35.5. The molecule has 2 N–H and O–H groups in total. The molecule has 1 aromatic carbocycles. The largest absolute Gasteiger partial charge is 0.382 e. The Balaban J connectivity index is 1.58. The Hall–Kier alpha value is -3.26. The summed E-state index contributed by atoms with van der Waals surface area (Å²) >= 11 is 6.05. The van der Waals surface area contributed by atoms with Crippen molar-refractivity contribution in [3.05, 3.63) is 64.6 Å². The number of amides is 1. The summed E-state index contributed by atoms with van der Waals surface area (Å²) in [5.74, 6) is -0.612. The molecule has 3 aromatic heterocycles. The molecule has 4 aromatic rings. The number of nitrogen functional groups attached to an aromatic ring is 1. The highest BCUT2D eigenvalue weighted by molar-refractivity contribution is 6.29. The summed E-state index contributed by atoms with van der Waals surface area (Å²) in [4.78, 5) is 27.7. The standard InChI is InChI=1S/C21H18ClFN6O/c1-11-4-5-28(9-12-2-3-18(22)27-19(11)12)21(30)13-6-16-15(7-14(13)23)26-20(24)17-8-25-10-29(16)17/h2-3,6-8,10-11H,4-5,9H2,1H3,(H2,24,26)/t11-/m1/s1. The van der Waals surface area contributed by atoms with Gasteiger partial charge in [0.1, 0.15) is 22.3 Å². The van der Waals surface area contributed by atoms with Crippen molar-refractivity contribution in [2.24, 2.45) is 0 Å². The number of carbonyl (C=O) groups is 1. The third-order valence-corrected chi connectivity index (χ3v) is 5.83. The third kappa shape index (κ3) is 2.95. The van der Waals surface area contributed by atoms with Gasteiger partial charge < -0.3 is 10.6 Å². The van der Waals surface area contributed by atoms with Crippen molar-refractivity contribution < 1.29 is 9.18 Å². The topological polar surface area (TPSA) is 89.4 Å². The number of nitrogens with zero attached hydrogens (tertiary/aromatic N) is 5. The minimum atomic E-state index is -0.634. The Morgan fingerprint density at radius 2 is 2.10 bits per heavy atom. The van der Waals surface area contributed by atoms with Crippen molar-refractivity contribution in [2.45, 2.75) is 25.8 Å². The van der Waals surface area contributed by atoms with E-state index in [0.717, 1.165) is 11.3 Å². The highest BCUT2D eigenvalue weighted by Gasteiger charge is 2.27. The van der Waals surface area contributed by atoms with Crippen molar-refractivity contribution in [3.8, 4) is 0 Å². The Morgan fingerprint density at radius 1 is 1.27 bits per heavy atom. The fourth-order valence-corrected chi connectivity index (χ4v) is 4.17. The van der Waals surface area contributed by atoms with E-state index in [4.69, 9.17) is 17.3 Å². The van der Waals surface area contributed by atoms with Crippen LogP contribution in [0.25, 0.3) is 16.6 Å². The van der Waals surface area contributed by atoms with E-state index >= 15 is 0 Å². The summed E-state index contributed by atoms with van der Waals surface area (Å²) in [5, 5.41) is 0.428. The third-order valence-electron chi connectivity index (χ3n) is 5.62. The van der Waals surface area contributed by atoms with Crippen molar-refractivity contribution in [3.63, 3.8) is 0 Å². The number of anilines is 1. The van der Waals surface area contributed by atoms with Crippen LogP contribution < -0.4 is 5.73 Å². The van der Waals surface area contributed by atoms with Gasteiger partial charge in [-0.15, -0.1) is 0 Å². The zero-order valence-corrected chi connectivity index (χ0v) is 16.9. The Kier molecular flexibility index (Phi) is 4.32. The molecule has 1 aliphatic heterocycles. The SMILES string of the molecule is C[C@@H]1CCN(C(=O)c2cc3c(cc2F)nc(N)c2cncn23)Cc2ccc(Cl)nc21. The minimum absolute atomic E-state index is 0.0119. The number of aromatic nitrogens is 4. The highest BCUT2D eigenvalue weighted by Crippen LogP contribution is 2.30. The van der Waals surface area contributed by atoms with Crippen LogP contribution in [0.2, 0.25) is 5.15 Å². The van der Waals surface area contributed by atoms with Crippen LogP contribution in [0.5, 0.6) is 0 Å². The van der Waals surface area contributed by atoms with Gasteiger partial charge in [0.25, 0.3) is 5.91 Å². The molecule has 0 aliphatic carbocycles. The number of pyridine rings is 1. The monoisotopic (exact) mass is 424 g/mol. The molecule has 0 radical (unpaired) electrons. The smallest absolute Gasteiger partial charge is 0.257 e. The molecule has 1 aliphatic rings. The molecule has 5 rings (SSSR count). The summed E-state index contributed by atoms with van der Waals surface area (Å²) in [7, 11) is 0. The Labute approximate surface area is 176 Å². The maximum atomic E-state index is 14.9. The number of halogens is 2. The number of fused-ring (bicyclic) bond motifs is 4. The van der Waals surface area contributed by atoms with Crippen molar-refractivity contribution >= 4 is 39.9 Å². The van der Waals surface area contributed by atoms with Gasteiger partial charge in [0.2, 0.25) is 0 Å². The normalized spacial score (nSPS) is 16.6. The zero-order chi connectivity index (χ0) is 21.0. The number of benzene rings is 1. The lowest BCUT2D eigenvalue weighted by molar-refractivity contribution is 0.0740. The van der Waals surface area contributed by atoms with Crippen molar-refractivity contribution in [2.75, 3.05) is 12.3 Å². The molecule has 30 heavy (non-hydrogen) atoms. The van der Waals surface area contributed by atoms with Crippen LogP contribution in [-0.2, 0) is 6.54 Å². The number of hydrogen-bond acceptors (Lipinski definition) is 5. The molecule has 0 bridgehead atoms. The maximum absolute atomic E-state index is 14.9. The summed E-state index contributed by atoms with van der Waals surface area (Å²) in [6, 6.07) is 6.35. The summed E-state index contributed by atoms with van der Waals surface area (Å²) in [6.07, 6.45) is 3.87. The maximum Gasteiger partial charge on any atom is 0.257 e. The van der Waals surface area contributed by atoms with E-state index in [1.807, 2.05) is 6.07 Å². The fourth-order valence-electron chi connectivity index (χ4n) is 4.02. The summed E-state index contributed by atoms with van der Waals surface area (Å²) in [6.45, 7) is 2.89. The molecule has 0 saturated heterocycles. The van der Waals surface area contributed by atoms with Gasteiger partial charge >= 0.3 is 0 Å². The second-order valence-electron chi connectivity index (χ2n) is 7.56. The Morgan fingerprint density at radius 3 is 2.93 bits per heavy atom. The van der Waals surface area contributed by atoms with E-state index in [9.17, 15) is 9.18 Å². The first kappa shape index (κ1) is 18.7. The van der Waals surface area contributed by atoms with Gasteiger partial charge in [0.05, 0.1) is 29.1 Å². The van der Waals surface area contributed by atoms with Gasteiger partial charge in [-0.1, -0.05) is 24.6 Å². The number of imidazole rings is 1. The number of hydrogen-bond donors (Lipinski definition) is 1. The molecule has 0 spiro atoms. The van der Waals surface area contributed by atoms with Crippen LogP contribution in [-0.4, -0.2) is 36.7 Å². The van der Waals surface area contributed by atoms with E-state index in [2.05, 4.69) is 21.9 Å². The van der Waals surface area contributed by atoms with Gasteiger partial charge in [-0.05, 0) is 24.1 Å². The second kappa shape index (κ2) is 6.91. The van der Waals surface area contributed by atoms with Gasteiger partial charge in [-0.2, -0.15) is 0 Å². The van der Waals surface area contributed by atoms with Crippen LogP contribution in [0.4, 0.5) is 10.2 Å². The fraction of sp³-hybridized carbons (Fsp3) is 0.238. The van der Waals surface area contributed by atoms with Gasteiger partial charge in [-0.25, -0.2) is 19.3 Å². The predicted molar refractivity (Wildman–Crippen MR) is 112 cm³/mol. The van der Waals surface area contributed by atoms with Gasteiger partial charge in [0.15, 0.2) is 0 Å². The number of carbonyl (C=O) groups excluding carboxylic acids is 1. The first-order valence-electron chi connectivity index (χ1n) is 9.57. The predicted octanol–water partition coefficient (Wildman–Crippen LogP) is 3.80. The second-order valence-corrected chi connectivity index (χ2v) is 7.95. The molecule has 152 valence electrons. The lowest BCUT2D eigenvalue weighted by atomic mass is 10.0. The molecule has 4 heterocycles. The minimum Gasteiger partial charge on any atom is -0.382 e. The van der Waals surface area contributed by atoms with Gasteiger partial charge in [0, 0.05) is 30.8 Å². The lowest BCUT2D eigenvalue weighted by Crippen LogP contribution is -2.31. The average Bonchev–Trinajstić information content (AvgIpc) is 3.16. The van der Waals surface area contributed by atoms with E-state index in [0.29, 0.717) is 41.2 Å². The molecule has 1 atom stereocenters. The van der Waals surface area contributed by atoms with Crippen LogP contribution in [0.1, 0.15) is 40.9 Å². The van der Waals surface area contributed by atoms with Crippen molar-refractivity contribution in [1.82, 2.24) is 24.3 Å². The van der Waals surface area contributed by atoms with Crippen LogP contribution in [0, 0.1) is 5.82 Å². The number of rotatable bonds is 1.